The summed E-state index contributed by atoms with van der Waals surface area (Å²) in [6.45, 7) is 3.22. The fraction of sp³-hybridized carbons (Fsp3) is 0.400. The van der Waals surface area contributed by atoms with E-state index in [1.54, 1.807) is 6.33 Å². The van der Waals surface area contributed by atoms with Gasteiger partial charge in [-0.25, -0.2) is 4.98 Å². The lowest BCUT2D eigenvalue weighted by atomic mass is 10.1. The predicted octanol–water partition coefficient (Wildman–Crippen LogP) is 2.74. The van der Waals surface area contributed by atoms with Crippen molar-refractivity contribution >= 4 is 23.0 Å². The number of aryl methyl sites for hydroxylation is 1. The maximum atomic E-state index is 11.4. The van der Waals surface area contributed by atoms with E-state index in [0.717, 1.165) is 24.0 Å². The Morgan fingerprint density at radius 2 is 2.07 bits per heavy atom. The van der Waals surface area contributed by atoms with Crippen LogP contribution in [0.15, 0.2) is 30.6 Å². The number of ether oxygens (including phenoxy) is 2. The number of rotatable bonds is 9. The molecule has 0 aliphatic rings. The van der Waals surface area contributed by atoms with E-state index < -0.39 is 0 Å². The maximum absolute atomic E-state index is 11.4. The highest BCUT2D eigenvalue weighted by Crippen LogP contribution is 2.21. The van der Waals surface area contributed by atoms with E-state index in [9.17, 15) is 4.79 Å². The van der Waals surface area contributed by atoms with Crippen LogP contribution >= 0.6 is 0 Å². The molecule has 3 rings (SSSR count). The Kier molecular flexibility index (Phi) is 6.41. The first-order valence-corrected chi connectivity index (χ1v) is 9.36. The number of hydrogen-bond donors (Lipinski definition) is 1. The van der Waals surface area contributed by atoms with Crippen molar-refractivity contribution in [1.29, 1.82) is 0 Å². The van der Waals surface area contributed by atoms with E-state index in [4.69, 9.17) is 15.2 Å². The normalized spacial score (nSPS) is 10.9. The summed E-state index contributed by atoms with van der Waals surface area (Å²) in [5.74, 6) is 0.0934. The smallest absolute Gasteiger partial charge is 0.320 e. The van der Waals surface area contributed by atoms with Crippen molar-refractivity contribution in [3.8, 4) is 6.01 Å². The molecule has 0 aliphatic carbocycles. The first-order chi connectivity index (χ1) is 13.6. The minimum Gasteiger partial charge on any atom is -0.469 e. The molecule has 0 aliphatic heterocycles. The van der Waals surface area contributed by atoms with Gasteiger partial charge in [0, 0.05) is 6.42 Å². The van der Waals surface area contributed by atoms with Crippen molar-refractivity contribution in [1.82, 2.24) is 19.5 Å². The number of anilines is 1. The summed E-state index contributed by atoms with van der Waals surface area (Å²) >= 11 is 0. The fourth-order valence-electron chi connectivity index (χ4n) is 2.86. The van der Waals surface area contributed by atoms with E-state index in [-0.39, 0.29) is 12.0 Å². The van der Waals surface area contributed by atoms with E-state index >= 15 is 0 Å². The quantitative estimate of drug-likeness (QED) is 0.447. The van der Waals surface area contributed by atoms with E-state index in [0.29, 0.717) is 43.0 Å². The molecule has 0 atom stereocenters. The summed E-state index contributed by atoms with van der Waals surface area (Å²) < 4.78 is 12.2. The van der Waals surface area contributed by atoms with Crippen LogP contribution in [0.2, 0.25) is 0 Å². The molecule has 0 spiro atoms. The lowest BCUT2D eigenvalue weighted by molar-refractivity contribution is -0.140. The molecule has 3 aromatic rings. The summed E-state index contributed by atoms with van der Waals surface area (Å²) in [7, 11) is 1.40. The minimum atomic E-state index is -0.214. The molecular weight excluding hydrogens is 358 g/mol. The molecule has 2 N–H and O–H groups in total. The topological polar surface area (TPSA) is 105 Å². The average Bonchev–Trinajstić information content (AvgIpc) is 3.10. The summed E-state index contributed by atoms with van der Waals surface area (Å²) in [6, 6.07) is 8.34. The van der Waals surface area contributed by atoms with Crippen LogP contribution in [0.25, 0.3) is 11.2 Å². The van der Waals surface area contributed by atoms with Gasteiger partial charge in [0.25, 0.3) is 0 Å². The highest BCUT2D eigenvalue weighted by molar-refractivity contribution is 5.82. The number of unbranched alkanes of at least 4 members (excludes halogenated alkanes) is 1. The summed E-state index contributed by atoms with van der Waals surface area (Å²) in [5.41, 5.74) is 9.37. The first-order valence-electron chi connectivity index (χ1n) is 9.36. The SMILES string of the molecule is CCCCOc1nc(N)c2ncn(Cc3cccc(CCC(=O)OC)c3)c2n1. The predicted molar refractivity (Wildman–Crippen MR) is 106 cm³/mol. The van der Waals surface area contributed by atoms with Gasteiger partial charge in [0.2, 0.25) is 0 Å². The fourth-order valence-corrected chi connectivity index (χ4v) is 2.86. The third-order valence-electron chi connectivity index (χ3n) is 4.39. The van der Waals surface area contributed by atoms with Gasteiger partial charge >= 0.3 is 12.0 Å². The zero-order valence-electron chi connectivity index (χ0n) is 16.2. The van der Waals surface area contributed by atoms with Crippen LogP contribution in [0, 0.1) is 0 Å². The van der Waals surface area contributed by atoms with Gasteiger partial charge in [-0.15, -0.1) is 0 Å². The molecule has 0 saturated carbocycles. The molecular formula is C20H25N5O3. The van der Waals surface area contributed by atoms with Gasteiger partial charge in [0.15, 0.2) is 17.0 Å². The Balaban J connectivity index is 1.79. The van der Waals surface area contributed by atoms with Crippen molar-refractivity contribution in [2.45, 2.75) is 39.2 Å². The van der Waals surface area contributed by atoms with Crippen molar-refractivity contribution in [3.05, 3.63) is 41.7 Å². The monoisotopic (exact) mass is 383 g/mol. The Bertz CT molecular complexity index is 954. The molecule has 8 heteroatoms. The second-order valence-electron chi connectivity index (χ2n) is 6.53. The highest BCUT2D eigenvalue weighted by atomic mass is 16.5. The number of carbonyl (C=O) groups excluding carboxylic acids is 1. The van der Waals surface area contributed by atoms with Crippen molar-refractivity contribution in [2.24, 2.45) is 0 Å². The second kappa shape index (κ2) is 9.16. The molecule has 148 valence electrons. The van der Waals surface area contributed by atoms with Crippen LogP contribution in [0.4, 0.5) is 5.82 Å². The molecule has 0 amide bonds. The molecule has 2 heterocycles. The molecule has 0 radical (unpaired) electrons. The number of hydrogen-bond acceptors (Lipinski definition) is 7. The number of nitrogens with zero attached hydrogens (tertiary/aromatic N) is 4. The number of imidazole rings is 1. The number of benzene rings is 1. The van der Waals surface area contributed by atoms with Crippen molar-refractivity contribution in [3.63, 3.8) is 0 Å². The Labute approximate surface area is 163 Å². The summed E-state index contributed by atoms with van der Waals surface area (Å²) in [5, 5.41) is 0. The lowest BCUT2D eigenvalue weighted by Crippen LogP contribution is -2.06. The van der Waals surface area contributed by atoms with Crippen molar-refractivity contribution in [2.75, 3.05) is 19.5 Å². The third kappa shape index (κ3) is 4.76. The average molecular weight is 383 g/mol. The van der Waals surface area contributed by atoms with Gasteiger partial charge in [-0.2, -0.15) is 9.97 Å². The first kappa shape index (κ1) is 19.6. The molecule has 0 bridgehead atoms. The van der Waals surface area contributed by atoms with Gasteiger partial charge in [0.1, 0.15) is 0 Å². The van der Waals surface area contributed by atoms with E-state index in [1.165, 1.54) is 7.11 Å². The van der Waals surface area contributed by atoms with E-state index in [1.807, 2.05) is 22.8 Å². The van der Waals surface area contributed by atoms with Gasteiger partial charge in [0.05, 0.1) is 26.6 Å². The van der Waals surface area contributed by atoms with Crippen LogP contribution in [-0.4, -0.2) is 39.2 Å². The maximum Gasteiger partial charge on any atom is 0.320 e. The number of esters is 1. The van der Waals surface area contributed by atoms with Crippen LogP contribution in [0.1, 0.15) is 37.3 Å². The third-order valence-corrected chi connectivity index (χ3v) is 4.39. The van der Waals surface area contributed by atoms with Gasteiger partial charge in [-0.05, 0) is 24.0 Å². The number of methoxy groups -OCH3 is 1. The second-order valence-corrected chi connectivity index (χ2v) is 6.53. The lowest BCUT2D eigenvalue weighted by Gasteiger charge is -2.08. The van der Waals surface area contributed by atoms with Gasteiger partial charge < -0.3 is 19.8 Å². The van der Waals surface area contributed by atoms with Crippen LogP contribution in [0.5, 0.6) is 6.01 Å². The van der Waals surface area contributed by atoms with Crippen LogP contribution in [0.3, 0.4) is 0 Å². The molecule has 1 aromatic carbocycles. The largest absolute Gasteiger partial charge is 0.469 e. The molecule has 28 heavy (non-hydrogen) atoms. The zero-order valence-corrected chi connectivity index (χ0v) is 16.2. The Hall–Kier alpha value is -3.16. The highest BCUT2D eigenvalue weighted by Gasteiger charge is 2.13. The van der Waals surface area contributed by atoms with Crippen LogP contribution < -0.4 is 10.5 Å². The molecule has 0 fully saturated rings. The molecule has 8 nitrogen and oxygen atoms in total. The standard InChI is InChI=1S/C20H25N5O3/c1-3-4-10-28-20-23-18(21)17-19(24-20)25(13-22-17)12-15-7-5-6-14(11-15)8-9-16(26)27-2/h5-7,11,13H,3-4,8-10,12H2,1-2H3,(H2,21,23,24). The zero-order chi connectivity index (χ0) is 19.9. The summed E-state index contributed by atoms with van der Waals surface area (Å²) in [4.78, 5) is 24.4. The molecule has 0 unspecified atom stereocenters. The van der Waals surface area contributed by atoms with E-state index in [2.05, 4.69) is 27.9 Å². The number of aromatic nitrogens is 4. The van der Waals surface area contributed by atoms with Crippen LogP contribution in [-0.2, 0) is 22.5 Å². The molecule has 2 aromatic heterocycles. The van der Waals surface area contributed by atoms with Gasteiger partial charge in [-0.1, -0.05) is 37.6 Å². The molecule has 0 saturated heterocycles. The Morgan fingerprint density at radius 1 is 1.25 bits per heavy atom. The minimum absolute atomic E-state index is 0.214. The number of fused-ring (bicyclic) bond motifs is 1. The number of nitrogens with two attached hydrogens (primary N) is 1. The van der Waals surface area contributed by atoms with Crippen molar-refractivity contribution < 1.29 is 14.3 Å². The number of nitrogen functional groups attached to an aromatic ring is 1. The van der Waals surface area contributed by atoms with Gasteiger partial charge in [-0.3, -0.25) is 4.79 Å². The summed E-state index contributed by atoms with van der Waals surface area (Å²) in [6.07, 6.45) is 4.65. The Morgan fingerprint density at radius 3 is 2.86 bits per heavy atom. The number of carbonyl (C=O) groups is 1.